The first-order valence-corrected chi connectivity index (χ1v) is 4.28. The van der Waals surface area contributed by atoms with Crippen molar-refractivity contribution in [2.24, 2.45) is 0 Å². The van der Waals surface area contributed by atoms with Crippen LogP contribution < -0.4 is 4.74 Å². The van der Waals surface area contributed by atoms with Crippen molar-refractivity contribution in [3.05, 3.63) is 11.8 Å². The second kappa shape index (κ2) is 2.25. The first-order valence-electron chi connectivity index (χ1n) is 4.28. The van der Waals surface area contributed by atoms with Crippen LogP contribution in [0.3, 0.4) is 0 Å². The van der Waals surface area contributed by atoms with Crippen LogP contribution in [0.1, 0.15) is 26.5 Å². The van der Waals surface area contributed by atoms with Gasteiger partial charge in [0.2, 0.25) is 5.88 Å². The van der Waals surface area contributed by atoms with E-state index >= 15 is 0 Å². The summed E-state index contributed by atoms with van der Waals surface area (Å²) in [7, 11) is 0. The highest BCUT2D eigenvalue weighted by molar-refractivity contribution is 5.23. The number of nitrogens with zero attached hydrogens (tertiary/aromatic N) is 2. The number of fused-ring (bicyclic) bond motifs is 1. The van der Waals surface area contributed by atoms with Crippen molar-refractivity contribution in [1.29, 1.82) is 0 Å². The van der Waals surface area contributed by atoms with Gasteiger partial charge in [-0.25, -0.2) is 4.68 Å². The predicted octanol–water partition coefficient (Wildman–Crippen LogP) is 1.57. The normalized spacial score (nSPS) is 15.9. The number of ether oxygens (including phenoxy) is 1. The maximum atomic E-state index is 5.37. The number of hydrogen-bond donors (Lipinski definition) is 0. The number of hydrogen-bond acceptors (Lipinski definition) is 2. The third kappa shape index (κ3) is 1.09. The molecule has 0 N–H and O–H groups in total. The van der Waals surface area contributed by atoms with Gasteiger partial charge in [-0.2, -0.15) is 5.10 Å². The first kappa shape index (κ1) is 7.65. The van der Waals surface area contributed by atoms with Gasteiger partial charge in [-0.1, -0.05) is 20.8 Å². The molecule has 1 aliphatic heterocycles. The zero-order chi connectivity index (χ0) is 8.77. The average Bonchev–Trinajstić information content (AvgIpc) is 2.37. The lowest BCUT2D eigenvalue weighted by atomic mass is 9.93. The second-order valence-electron chi connectivity index (χ2n) is 4.19. The summed E-state index contributed by atoms with van der Waals surface area (Å²) in [6, 6.07) is 2.03. The molecule has 0 unspecified atom stereocenters. The van der Waals surface area contributed by atoms with Crippen LogP contribution in [0.25, 0.3) is 0 Å². The highest BCUT2D eigenvalue weighted by atomic mass is 16.5. The summed E-state index contributed by atoms with van der Waals surface area (Å²) in [4.78, 5) is 0. The van der Waals surface area contributed by atoms with Gasteiger partial charge in [0.25, 0.3) is 0 Å². The third-order valence-electron chi connectivity index (χ3n) is 2.06. The maximum Gasteiger partial charge on any atom is 0.212 e. The molecular weight excluding hydrogens is 152 g/mol. The fourth-order valence-corrected chi connectivity index (χ4v) is 1.28. The smallest absolute Gasteiger partial charge is 0.212 e. The maximum absolute atomic E-state index is 5.37. The standard InChI is InChI=1S/C9H14N2O/c1-9(2,3)7-6-8-11(10-7)4-5-12-8/h6H,4-5H2,1-3H3. The Kier molecular flexibility index (Phi) is 1.43. The Labute approximate surface area is 72.3 Å². The van der Waals surface area contributed by atoms with Gasteiger partial charge in [0.1, 0.15) is 6.61 Å². The molecule has 3 nitrogen and oxygen atoms in total. The summed E-state index contributed by atoms with van der Waals surface area (Å²) in [5.41, 5.74) is 1.23. The first-order chi connectivity index (χ1) is 5.57. The second-order valence-corrected chi connectivity index (χ2v) is 4.19. The van der Waals surface area contributed by atoms with Crippen LogP contribution >= 0.6 is 0 Å². The largest absolute Gasteiger partial charge is 0.476 e. The fraction of sp³-hybridized carbons (Fsp3) is 0.667. The molecule has 0 saturated carbocycles. The molecule has 1 aliphatic rings. The Balaban J connectivity index is 2.38. The Morgan fingerprint density at radius 2 is 2.25 bits per heavy atom. The van der Waals surface area contributed by atoms with E-state index in [0.29, 0.717) is 0 Å². The third-order valence-corrected chi connectivity index (χ3v) is 2.06. The van der Waals surface area contributed by atoms with Crippen molar-refractivity contribution in [2.45, 2.75) is 32.7 Å². The van der Waals surface area contributed by atoms with Gasteiger partial charge in [-0.3, -0.25) is 0 Å². The minimum absolute atomic E-state index is 0.126. The molecule has 0 fully saturated rings. The van der Waals surface area contributed by atoms with Crippen LogP contribution in [0.2, 0.25) is 0 Å². The van der Waals surface area contributed by atoms with Gasteiger partial charge in [0, 0.05) is 11.5 Å². The summed E-state index contributed by atoms with van der Waals surface area (Å²) in [5, 5.41) is 4.45. The van der Waals surface area contributed by atoms with E-state index in [1.807, 2.05) is 10.7 Å². The van der Waals surface area contributed by atoms with E-state index in [0.717, 1.165) is 24.7 Å². The highest BCUT2D eigenvalue weighted by Crippen LogP contribution is 2.26. The molecule has 0 atom stereocenters. The fourth-order valence-electron chi connectivity index (χ4n) is 1.28. The molecule has 1 aromatic rings. The topological polar surface area (TPSA) is 27.1 Å². The Morgan fingerprint density at radius 3 is 2.83 bits per heavy atom. The van der Waals surface area contributed by atoms with Gasteiger partial charge in [0.15, 0.2) is 0 Å². The van der Waals surface area contributed by atoms with Crippen molar-refractivity contribution >= 4 is 0 Å². The van der Waals surface area contributed by atoms with Crippen molar-refractivity contribution in [1.82, 2.24) is 9.78 Å². The van der Waals surface area contributed by atoms with Crippen LogP contribution in [0.5, 0.6) is 5.88 Å². The van der Waals surface area contributed by atoms with Gasteiger partial charge in [0.05, 0.1) is 12.2 Å². The van der Waals surface area contributed by atoms with E-state index < -0.39 is 0 Å². The van der Waals surface area contributed by atoms with E-state index in [4.69, 9.17) is 4.74 Å². The Hall–Kier alpha value is -0.990. The molecule has 0 radical (unpaired) electrons. The SMILES string of the molecule is CC(C)(C)c1cc2n(n1)CCO2. The molecule has 66 valence electrons. The van der Waals surface area contributed by atoms with E-state index in [1.54, 1.807) is 0 Å². The van der Waals surface area contributed by atoms with Gasteiger partial charge < -0.3 is 4.74 Å². The molecule has 3 heteroatoms. The summed E-state index contributed by atoms with van der Waals surface area (Å²) in [6.07, 6.45) is 0. The zero-order valence-electron chi connectivity index (χ0n) is 7.79. The molecule has 0 aromatic carbocycles. The molecule has 0 bridgehead atoms. The lowest BCUT2D eigenvalue weighted by Crippen LogP contribution is -2.13. The van der Waals surface area contributed by atoms with Gasteiger partial charge >= 0.3 is 0 Å². The van der Waals surface area contributed by atoms with Crippen molar-refractivity contribution < 1.29 is 4.74 Å². The molecule has 2 heterocycles. The van der Waals surface area contributed by atoms with E-state index in [9.17, 15) is 0 Å². The van der Waals surface area contributed by atoms with Crippen molar-refractivity contribution in [3.8, 4) is 5.88 Å². The van der Waals surface area contributed by atoms with Crippen LogP contribution in [-0.4, -0.2) is 16.4 Å². The minimum Gasteiger partial charge on any atom is -0.476 e. The lowest BCUT2D eigenvalue weighted by Gasteiger charge is -2.14. The Morgan fingerprint density at radius 1 is 1.50 bits per heavy atom. The number of aromatic nitrogens is 2. The quantitative estimate of drug-likeness (QED) is 0.585. The zero-order valence-corrected chi connectivity index (χ0v) is 7.79. The highest BCUT2D eigenvalue weighted by Gasteiger charge is 2.22. The van der Waals surface area contributed by atoms with Crippen molar-refractivity contribution in [2.75, 3.05) is 6.61 Å². The molecule has 0 spiro atoms. The van der Waals surface area contributed by atoms with Crippen molar-refractivity contribution in [3.63, 3.8) is 0 Å². The molecule has 2 rings (SSSR count). The summed E-state index contributed by atoms with van der Waals surface area (Å²) in [5.74, 6) is 0.917. The summed E-state index contributed by atoms with van der Waals surface area (Å²) < 4.78 is 7.31. The van der Waals surface area contributed by atoms with Gasteiger partial charge in [-0.05, 0) is 0 Å². The summed E-state index contributed by atoms with van der Waals surface area (Å²) >= 11 is 0. The molecule has 1 aromatic heterocycles. The van der Waals surface area contributed by atoms with E-state index in [2.05, 4.69) is 25.9 Å². The minimum atomic E-state index is 0.126. The van der Waals surface area contributed by atoms with E-state index in [-0.39, 0.29) is 5.41 Å². The average molecular weight is 166 g/mol. The van der Waals surface area contributed by atoms with Crippen LogP contribution in [-0.2, 0) is 12.0 Å². The van der Waals surface area contributed by atoms with Gasteiger partial charge in [-0.15, -0.1) is 0 Å². The van der Waals surface area contributed by atoms with E-state index in [1.165, 1.54) is 0 Å². The van der Waals surface area contributed by atoms with Crippen LogP contribution in [0, 0.1) is 0 Å². The molecule has 0 aliphatic carbocycles. The predicted molar refractivity (Wildman–Crippen MR) is 46.4 cm³/mol. The van der Waals surface area contributed by atoms with Crippen LogP contribution in [0.15, 0.2) is 6.07 Å². The molecule has 0 amide bonds. The molecule has 0 saturated heterocycles. The number of rotatable bonds is 0. The van der Waals surface area contributed by atoms with Crippen LogP contribution in [0.4, 0.5) is 0 Å². The molecular formula is C9H14N2O. The Bertz CT molecular complexity index is 274. The monoisotopic (exact) mass is 166 g/mol. The lowest BCUT2D eigenvalue weighted by molar-refractivity contribution is 0.355. The summed E-state index contributed by atoms with van der Waals surface area (Å²) in [6.45, 7) is 8.14. The molecule has 12 heavy (non-hydrogen) atoms.